The van der Waals surface area contributed by atoms with Crippen molar-refractivity contribution < 1.29 is 4.74 Å². The van der Waals surface area contributed by atoms with Crippen LogP contribution in [0, 0.1) is 0 Å². The molecule has 0 saturated heterocycles. The maximum atomic E-state index is 5.73. The van der Waals surface area contributed by atoms with Crippen LogP contribution in [0.1, 0.15) is 18.9 Å². The number of ether oxygens (including phenoxy) is 1. The number of anilines is 3. The summed E-state index contributed by atoms with van der Waals surface area (Å²) in [5.74, 6) is 1.35. The van der Waals surface area contributed by atoms with E-state index < -0.39 is 0 Å². The summed E-state index contributed by atoms with van der Waals surface area (Å²) in [4.78, 5) is 8.03. The van der Waals surface area contributed by atoms with Gasteiger partial charge in [-0.2, -0.15) is 0 Å². The Morgan fingerprint density at radius 1 is 1.21 bits per heavy atom. The van der Waals surface area contributed by atoms with Crippen molar-refractivity contribution in [3.05, 3.63) is 36.2 Å². The third-order valence-corrected chi connectivity index (χ3v) is 2.79. The van der Waals surface area contributed by atoms with Crippen molar-refractivity contribution in [2.75, 3.05) is 18.2 Å². The Balaban J connectivity index is 2.19. The minimum atomic E-state index is 0.322. The molecule has 100 valence electrons. The Hall–Kier alpha value is -2.30. The molecular formula is C14H18N4O. The van der Waals surface area contributed by atoms with Crippen molar-refractivity contribution in [1.82, 2.24) is 9.97 Å². The van der Waals surface area contributed by atoms with E-state index in [9.17, 15) is 0 Å². The molecule has 0 bridgehead atoms. The standard InChI is InChI=1S/C14H18N4O/c1-3-4-10-5-7-11(8-6-10)18-14-12(19-2)13(15)16-9-17-14/h5-9H,3-4H2,1-2H3,(H3,15,16,17,18). The fourth-order valence-electron chi connectivity index (χ4n) is 1.86. The Labute approximate surface area is 112 Å². The van der Waals surface area contributed by atoms with Gasteiger partial charge in [0.25, 0.3) is 0 Å². The normalized spacial score (nSPS) is 10.2. The Morgan fingerprint density at radius 3 is 2.58 bits per heavy atom. The molecule has 1 aromatic heterocycles. The summed E-state index contributed by atoms with van der Waals surface area (Å²) in [6.07, 6.45) is 3.64. The summed E-state index contributed by atoms with van der Waals surface area (Å²) >= 11 is 0. The molecule has 0 radical (unpaired) electrons. The van der Waals surface area contributed by atoms with E-state index in [2.05, 4.69) is 34.3 Å². The highest BCUT2D eigenvalue weighted by Gasteiger charge is 2.09. The number of benzene rings is 1. The number of aromatic nitrogens is 2. The van der Waals surface area contributed by atoms with Gasteiger partial charge in [0.05, 0.1) is 7.11 Å². The third-order valence-electron chi connectivity index (χ3n) is 2.79. The molecule has 0 spiro atoms. The van der Waals surface area contributed by atoms with Gasteiger partial charge in [0.15, 0.2) is 11.6 Å². The van der Waals surface area contributed by atoms with Crippen molar-refractivity contribution in [3.63, 3.8) is 0 Å². The molecule has 0 fully saturated rings. The molecule has 0 saturated carbocycles. The molecule has 0 unspecified atom stereocenters. The number of nitrogens with one attached hydrogen (secondary N) is 1. The highest BCUT2D eigenvalue weighted by atomic mass is 16.5. The fourth-order valence-corrected chi connectivity index (χ4v) is 1.86. The molecule has 0 atom stereocenters. The van der Waals surface area contributed by atoms with Crippen molar-refractivity contribution in [2.45, 2.75) is 19.8 Å². The minimum Gasteiger partial charge on any atom is -0.490 e. The van der Waals surface area contributed by atoms with E-state index in [1.807, 2.05) is 12.1 Å². The number of aryl methyl sites for hydroxylation is 1. The summed E-state index contributed by atoms with van der Waals surface area (Å²) in [6.45, 7) is 2.17. The topological polar surface area (TPSA) is 73.1 Å². The van der Waals surface area contributed by atoms with Gasteiger partial charge < -0.3 is 15.8 Å². The number of rotatable bonds is 5. The van der Waals surface area contributed by atoms with Crippen LogP contribution < -0.4 is 15.8 Å². The van der Waals surface area contributed by atoms with Gasteiger partial charge >= 0.3 is 0 Å². The second-order valence-corrected chi connectivity index (χ2v) is 4.21. The number of nitrogens with zero attached hydrogens (tertiary/aromatic N) is 2. The van der Waals surface area contributed by atoms with Gasteiger partial charge in [-0.1, -0.05) is 25.5 Å². The largest absolute Gasteiger partial charge is 0.490 e. The van der Waals surface area contributed by atoms with Gasteiger partial charge in [-0.15, -0.1) is 0 Å². The lowest BCUT2D eigenvalue weighted by Gasteiger charge is -2.11. The van der Waals surface area contributed by atoms with Gasteiger partial charge in [-0.05, 0) is 24.1 Å². The second-order valence-electron chi connectivity index (χ2n) is 4.21. The van der Waals surface area contributed by atoms with Gasteiger partial charge in [0, 0.05) is 5.69 Å². The lowest BCUT2D eigenvalue weighted by atomic mass is 10.1. The number of nitrogen functional groups attached to an aromatic ring is 1. The van der Waals surface area contributed by atoms with E-state index in [1.165, 1.54) is 11.9 Å². The van der Waals surface area contributed by atoms with E-state index in [-0.39, 0.29) is 0 Å². The van der Waals surface area contributed by atoms with Crippen LogP contribution in [-0.4, -0.2) is 17.1 Å². The number of hydrogen-bond acceptors (Lipinski definition) is 5. The summed E-state index contributed by atoms with van der Waals surface area (Å²) in [5.41, 5.74) is 8.00. The average molecular weight is 258 g/mol. The van der Waals surface area contributed by atoms with Crippen LogP contribution in [-0.2, 0) is 6.42 Å². The zero-order chi connectivity index (χ0) is 13.7. The Bertz CT molecular complexity index is 540. The molecule has 2 aromatic rings. The third kappa shape index (κ3) is 3.13. The van der Waals surface area contributed by atoms with Crippen LogP contribution in [0.5, 0.6) is 5.75 Å². The first-order valence-corrected chi connectivity index (χ1v) is 6.25. The lowest BCUT2D eigenvalue weighted by Crippen LogP contribution is -2.02. The summed E-state index contributed by atoms with van der Waals surface area (Å²) in [6, 6.07) is 8.23. The molecular weight excluding hydrogens is 240 g/mol. The van der Waals surface area contributed by atoms with Gasteiger partial charge in [0.2, 0.25) is 5.75 Å². The van der Waals surface area contributed by atoms with Crippen molar-refractivity contribution in [3.8, 4) is 5.75 Å². The second kappa shape index (κ2) is 6.04. The van der Waals surface area contributed by atoms with E-state index in [0.29, 0.717) is 17.4 Å². The monoisotopic (exact) mass is 258 g/mol. The zero-order valence-electron chi connectivity index (χ0n) is 11.2. The first kappa shape index (κ1) is 13.1. The molecule has 0 amide bonds. The number of hydrogen-bond donors (Lipinski definition) is 2. The molecule has 5 heteroatoms. The van der Waals surface area contributed by atoms with Gasteiger partial charge in [-0.25, -0.2) is 9.97 Å². The highest BCUT2D eigenvalue weighted by Crippen LogP contribution is 2.29. The minimum absolute atomic E-state index is 0.322. The van der Waals surface area contributed by atoms with Crippen LogP contribution in [0.4, 0.5) is 17.3 Å². The maximum Gasteiger partial charge on any atom is 0.204 e. The number of nitrogens with two attached hydrogens (primary N) is 1. The molecule has 5 nitrogen and oxygen atoms in total. The maximum absolute atomic E-state index is 5.73. The molecule has 2 rings (SSSR count). The SMILES string of the molecule is CCCc1ccc(Nc2ncnc(N)c2OC)cc1. The fraction of sp³-hybridized carbons (Fsp3) is 0.286. The van der Waals surface area contributed by atoms with E-state index in [0.717, 1.165) is 18.5 Å². The first-order valence-electron chi connectivity index (χ1n) is 6.25. The van der Waals surface area contributed by atoms with Crippen molar-refractivity contribution in [2.24, 2.45) is 0 Å². The van der Waals surface area contributed by atoms with Crippen LogP contribution in [0.15, 0.2) is 30.6 Å². The smallest absolute Gasteiger partial charge is 0.204 e. The molecule has 0 aliphatic carbocycles. The Morgan fingerprint density at radius 2 is 1.95 bits per heavy atom. The van der Waals surface area contributed by atoms with Crippen molar-refractivity contribution in [1.29, 1.82) is 0 Å². The summed E-state index contributed by atoms with van der Waals surface area (Å²) in [5, 5.41) is 3.18. The predicted octanol–water partition coefficient (Wildman–Crippen LogP) is 2.76. The lowest BCUT2D eigenvalue weighted by molar-refractivity contribution is 0.415. The first-order chi connectivity index (χ1) is 9.24. The van der Waals surface area contributed by atoms with E-state index in [4.69, 9.17) is 10.5 Å². The molecule has 0 aliphatic rings. The predicted molar refractivity (Wildman–Crippen MR) is 76.7 cm³/mol. The zero-order valence-corrected chi connectivity index (χ0v) is 11.2. The van der Waals surface area contributed by atoms with Crippen LogP contribution in [0.3, 0.4) is 0 Å². The molecule has 3 N–H and O–H groups in total. The molecule has 1 heterocycles. The van der Waals surface area contributed by atoms with Gasteiger partial charge in [-0.3, -0.25) is 0 Å². The summed E-state index contributed by atoms with van der Waals surface area (Å²) in [7, 11) is 1.55. The highest BCUT2D eigenvalue weighted by molar-refractivity contribution is 5.67. The van der Waals surface area contributed by atoms with Crippen LogP contribution in [0.2, 0.25) is 0 Å². The van der Waals surface area contributed by atoms with E-state index >= 15 is 0 Å². The number of methoxy groups -OCH3 is 1. The molecule has 0 aliphatic heterocycles. The van der Waals surface area contributed by atoms with Gasteiger partial charge in [0.1, 0.15) is 6.33 Å². The molecule has 19 heavy (non-hydrogen) atoms. The average Bonchev–Trinajstić information content (AvgIpc) is 2.42. The van der Waals surface area contributed by atoms with Crippen molar-refractivity contribution >= 4 is 17.3 Å². The van der Waals surface area contributed by atoms with E-state index in [1.54, 1.807) is 7.11 Å². The van der Waals surface area contributed by atoms with Crippen LogP contribution in [0.25, 0.3) is 0 Å². The molecule has 1 aromatic carbocycles. The summed E-state index contributed by atoms with van der Waals surface area (Å²) < 4.78 is 5.20. The Kier molecular flexibility index (Phi) is 4.18. The van der Waals surface area contributed by atoms with Crippen LogP contribution >= 0.6 is 0 Å². The quantitative estimate of drug-likeness (QED) is 0.862.